The summed E-state index contributed by atoms with van der Waals surface area (Å²) in [7, 11) is 0. The van der Waals surface area contributed by atoms with Gasteiger partial charge in [-0.2, -0.15) is 0 Å². The van der Waals surface area contributed by atoms with E-state index in [1.165, 1.54) is 61.2 Å². The largest absolute Gasteiger partial charge is 0.449 e. The van der Waals surface area contributed by atoms with Crippen LogP contribution in [0.2, 0.25) is 0 Å². The molecule has 260 valence electrons. The molecular weight excluding hydrogens is 671 g/mol. The molecule has 3 heteroatoms. The summed E-state index contributed by atoms with van der Waals surface area (Å²) in [5.74, 6) is 2.86. The number of ether oxygens (including phenoxy) is 2. The van der Waals surface area contributed by atoms with Crippen molar-refractivity contribution in [3.63, 3.8) is 0 Å². The van der Waals surface area contributed by atoms with E-state index in [0.29, 0.717) is 11.5 Å². The van der Waals surface area contributed by atoms with E-state index >= 15 is 0 Å². The molecule has 0 radical (unpaired) electrons. The lowest BCUT2D eigenvalue weighted by molar-refractivity contribution is 0.361. The number of rotatable bonds is 3. The van der Waals surface area contributed by atoms with Crippen molar-refractivity contribution in [1.82, 2.24) is 0 Å². The molecular formula is C52H35NO2. The number of anilines is 3. The smallest absolute Gasteiger partial charge is 0.194 e. The van der Waals surface area contributed by atoms with Gasteiger partial charge in [-0.05, 0) is 97.6 Å². The van der Waals surface area contributed by atoms with Crippen molar-refractivity contribution in [1.29, 1.82) is 0 Å². The van der Waals surface area contributed by atoms with Gasteiger partial charge in [0.15, 0.2) is 23.0 Å². The Bertz CT molecular complexity index is 2880. The van der Waals surface area contributed by atoms with Gasteiger partial charge < -0.3 is 14.4 Å². The van der Waals surface area contributed by atoms with Crippen LogP contribution in [0.1, 0.15) is 47.2 Å². The Balaban J connectivity index is 1.09. The molecule has 8 aromatic rings. The summed E-state index contributed by atoms with van der Waals surface area (Å²) in [5, 5.41) is 0. The molecule has 3 aliphatic carbocycles. The topological polar surface area (TPSA) is 21.7 Å². The summed E-state index contributed by atoms with van der Waals surface area (Å²) in [6.07, 6.45) is 0. The summed E-state index contributed by atoms with van der Waals surface area (Å²) < 4.78 is 14.3. The van der Waals surface area contributed by atoms with Crippen molar-refractivity contribution in [3.8, 4) is 56.4 Å². The molecule has 0 unspecified atom stereocenters. The third-order valence-corrected chi connectivity index (χ3v) is 12.5. The highest BCUT2D eigenvalue weighted by molar-refractivity contribution is 5.98. The van der Waals surface area contributed by atoms with Crippen LogP contribution < -0.4 is 14.4 Å². The van der Waals surface area contributed by atoms with Gasteiger partial charge in [-0.15, -0.1) is 0 Å². The van der Waals surface area contributed by atoms with E-state index < -0.39 is 5.41 Å². The van der Waals surface area contributed by atoms with Crippen LogP contribution in [-0.2, 0) is 10.8 Å². The highest BCUT2D eigenvalue weighted by Crippen LogP contribution is 2.67. The number of benzene rings is 8. The molecule has 3 nitrogen and oxygen atoms in total. The van der Waals surface area contributed by atoms with Crippen LogP contribution in [0.15, 0.2) is 176 Å². The van der Waals surface area contributed by atoms with Crippen molar-refractivity contribution in [2.75, 3.05) is 4.90 Å². The third kappa shape index (κ3) is 3.84. The lowest BCUT2D eigenvalue weighted by Crippen LogP contribution is -2.25. The molecule has 0 bridgehead atoms. The maximum Gasteiger partial charge on any atom is 0.194 e. The van der Waals surface area contributed by atoms with Crippen LogP contribution in [0, 0.1) is 0 Å². The first-order valence-electron chi connectivity index (χ1n) is 19.1. The second-order valence-electron chi connectivity index (χ2n) is 15.6. The molecule has 0 fully saturated rings. The Hall–Kier alpha value is -6.84. The molecule has 55 heavy (non-hydrogen) atoms. The average Bonchev–Trinajstić information content (AvgIpc) is 3.80. The molecule has 0 aromatic heterocycles. The number of hydrogen-bond acceptors (Lipinski definition) is 3. The first-order valence-corrected chi connectivity index (χ1v) is 19.1. The second-order valence-corrected chi connectivity index (χ2v) is 15.6. The van der Waals surface area contributed by atoms with Crippen molar-refractivity contribution in [2.45, 2.75) is 24.7 Å². The van der Waals surface area contributed by atoms with Gasteiger partial charge in [0.2, 0.25) is 0 Å². The molecule has 0 saturated heterocycles. The van der Waals surface area contributed by atoms with Gasteiger partial charge in [-0.25, -0.2) is 0 Å². The fourth-order valence-electron chi connectivity index (χ4n) is 10.4. The normalized spacial score (nSPS) is 14.9. The van der Waals surface area contributed by atoms with Crippen molar-refractivity contribution in [2.24, 2.45) is 0 Å². The van der Waals surface area contributed by atoms with Crippen molar-refractivity contribution in [3.05, 3.63) is 209 Å². The molecule has 8 aromatic carbocycles. The molecule has 12 rings (SSSR count). The SMILES string of the molecule is CC1(C)c2ccccc2-c2cccc(N(c3ccccc3)c3cccc4c3Oc3c(ccc5c3-c3ccccc3C53c5ccccc5-c5ccccc53)O4)c21. The highest BCUT2D eigenvalue weighted by Gasteiger charge is 2.53. The lowest BCUT2D eigenvalue weighted by atomic mass is 9.70. The van der Waals surface area contributed by atoms with Crippen LogP contribution >= 0.6 is 0 Å². The fraction of sp³-hybridized carbons (Fsp3) is 0.0769. The molecule has 1 heterocycles. The van der Waals surface area contributed by atoms with Crippen LogP contribution in [0.3, 0.4) is 0 Å². The predicted molar refractivity (Wildman–Crippen MR) is 222 cm³/mol. The summed E-state index contributed by atoms with van der Waals surface area (Å²) in [4.78, 5) is 2.36. The molecule has 4 aliphatic rings. The zero-order valence-electron chi connectivity index (χ0n) is 30.5. The Morgan fingerprint density at radius 1 is 0.382 bits per heavy atom. The van der Waals surface area contributed by atoms with E-state index in [1.807, 2.05) is 6.07 Å². The standard InChI is InChI=1S/C52H35NO2/c1-51(2)38-23-10-6-20-35(38)36-22-14-27-43(48(36)51)53(32-16-4-3-5-17-32)44-28-15-29-45-49(44)55-50-46(54-45)31-30-42-47(50)37-21-9-13-26-41(37)52(42)39-24-11-7-18-33(39)34-19-8-12-25-40(34)52/h3-31H,1-2H3. The molecule has 0 N–H and O–H groups in total. The maximum absolute atomic E-state index is 7.38. The first kappa shape index (κ1) is 30.6. The monoisotopic (exact) mass is 705 g/mol. The van der Waals surface area contributed by atoms with Gasteiger partial charge in [-0.1, -0.05) is 153 Å². The average molecular weight is 706 g/mol. The number of nitrogens with zero attached hydrogens (tertiary/aromatic N) is 1. The van der Waals surface area contributed by atoms with E-state index in [9.17, 15) is 0 Å². The second kappa shape index (κ2) is 10.9. The lowest BCUT2D eigenvalue weighted by Gasteiger charge is -2.34. The molecule has 0 amide bonds. The van der Waals surface area contributed by atoms with E-state index in [2.05, 4.69) is 189 Å². The van der Waals surface area contributed by atoms with Gasteiger partial charge in [0.25, 0.3) is 0 Å². The summed E-state index contributed by atoms with van der Waals surface area (Å²) in [5.41, 5.74) is 17.5. The minimum absolute atomic E-state index is 0.221. The number of hydrogen-bond donors (Lipinski definition) is 0. The zero-order valence-corrected chi connectivity index (χ0v) is 30.5. The Morgan fingerprint density at radius 2 is 0.909 bits per heavy atom. The summed E-state index contributed by atoms with van der Waals surface area (Å²) >= 11 is 0. The van der Waals surface area contributed by atoms with Gasteiger partial charge in [-0.3, -0.25) is 0 Å². The predicted octanol–water partition coefficient (Wildman–Crippen LogP) is 13.7. The van der Waals surface area contributed by atoms with Crippen LogP contribution in [0.5, 0.6) is 23.0 Å². The van der Waals surface area contributed by atoms with E-state index in [4.69, 9.17) is 9.47 Å². The number of para-hydroxylation sites is 2. The van der Waals surface area contributed by atoms with Gasteiger partial charge in [0, 0.05) is 16.7 Å². The Morgan fingerprint density at radius 3 is 1.62 bits per heavy atom. The van der Waals surface area contributed by atoms with Crippen molar-refractivity contribution < 1.29 is 9.47 Å². The van der Waals surface area contributed by atoms with E-state index in [-0.39, 0.29) is 5.41 Å². The minimum atomic E-state index is -0.474. The molecule has 1 aliphatic heterocycles. The van der Waals surface area contributed by atoms with Gasteiger partial charge in [0.05, 0.1) is 16.8 Å². The molecule has 1 spiro atoms. The Kier molecular flexibility index (Phi) is 6.05. The molecule has 0 atom stereocenters. The third-order valence-electron chi connectivity index (χ3n) is 12.5. The van der Waals surface area contributed by atoms with Crippen LogP contribution in [0.4, 0.5) is 17.1 Å². The first-order chi connectivity index (χ1) is 27.1. The van der Waals surface area contributed by atoms with E-state index in [0.717, 1.165) is 34.1 Å². The number of fused-ring (bicyclic) bond motifs is 16. The van der Waals surface area contributed by atoms with Gasteiger partial charge >= 0.3 is 0 Å². The maximum atomic E-state index is 7.38. The highest BCUT2D eigenvalue weighted by atomic mass is 16.6. The fourth-order valence-corrected chi connectivity index (χ4v) is 10.4. The van der Waals surface area contributed by atoms with Crippen LogP contribution in [0.25, 0.3) is 33.4 Å². The van der Waals surface area contributed by atoms with Crippen molar-refractivity contribution >= 4 is 17.1 Å². The Labute approximate surface area is 320 Å². The zero-order chi connectivity index (χ0) is 36.5. The molecule has 0 saturated carbocycles. The van der Waals surface area contributed by atoms with Gasteiger partial charge in [0.1, 0.15) is 0 Å². The quantitative estimate of drug-likeness (QED) is 0.183. The summed E-state index contributed by atoms with van der Waals surface area (Å²) in [6, 6.07) is 63.5. The van der Waals surface area contributed by atoms with E-state index in [1.54, 1.807) is 0 Å². The minimum Gasteiger partial charge on any atom is -0.449 e. The summed E-state index contributed by atoms with van der Waals surface area (Å²) in [6.45, 7) is 4.69. The van der Waals surface area contributed by atoms with Crippen LogP contribution in [-0.4, -0.2) is 0 Å².